The van der Waals surface area contributed by atoms with Crippen LogP contribution in [0.5, 0.6) is 11.5 Å². The van der Waals surface area contributed by atoms with Crippen molar-refractivity contribution < 1.29 is 34.5 Å². The topological polar surface area (TPSA) is 182 Å². The van der Waals surface area contributed by atoms with Crippen LogP contribution < -0.4 is 16.4 Å². The second-order valence-corrected chi connectivity index (χ2v) is 9.54. The zero-order valence-electron chi connectivity index (χ0n) is 19.0. The van der Waals surface area contributed by atoms with Crippen LogP contribution in [0.2, 0.25) is 0 Å². The highest BCUT2D eigenvalue weighted by molar-refractivity contribution is 8.00. The van der Waals surface area contributed by atoms with Gasteiger partial charge in [0.25, 0.3) is 5.91 Å². The van der Waals surface area contributed by atoms with Crippen LogP contribution in [-0.2, 0) is 19.2 Å². The second-order valence-electron chi connectivity index (χ2n) is 8.43. The normalized spacial score (nSPS) is 20.6. The molecule has 12 heteroatoms. The van der Waals surface area contributed by atoms with Gasteiger partial charge >= 0.3 is 5.97 Å². The van der Waals surface area contributed by atoms with E-state index in [1.807, 2.05) is 0 Å². The molecule has 2 aliphatic heterocycles. The molecule has 36 heavy (non-hydrogen) atoms. The van der Waals surface area contributed by atoms with Crippen LogP contribution in [0, 0.1) is 0 Å². The lowest BCUT2D eigenvalue weighted by Crippen LogP contribution is -2.71. The summed E-state index contributed by atoms with van der Waals surface area (Å²) in [5, 5.41) is 33.2. The summed E-state index contributed by atoms with van der Waals surface area (Å²) < 4.78 is 0. The SMILES string of the molecule is CC1=C(C(=O)O)N2C(=O)[C@@H](NC(=O)[C@H](NC(=O)[C@H](N)c3ccc(O)cc3)c3ccc(O)cc3)[C@H]2SC1. The van der Waals surface area contributed by atoms with Gasteiger partial charge in [0.1, 0.15) is 40.7 Å². The van der Waals surface area contributed by atoms with Crippen molar-refractivity contribution in [3.63, 3.8) is 0 Å². The molecule has 2 aromatic carbocycles. The smallest absolute Gasteiger partial charge is 0.352 e. The summed E-state index contributed by atoms with van der Waals surface area (Å²) in [5.74, 6) is -2.81. The molecule has 0 saturated carbocycles. The predicted molar refractivity (Wildman–Crippen MR) is 129 cm³/mol. The van der Waals surface area contributed by atoms with Gasteiger partial charge in [0.05, 0.1) is 0 Å². The van der Waals surface area contributed by atoms with Gasteiger partial charge in [-0.2, -0.15) is 0 Å². The van der Waals surface area contributed by atoms with Crippen LogP contribution in [0.3, 0.4) is 0 Å². The lowest BCUT2D eigenvalue weighted by Gasteiger charge is -2.49. The average Bonchev–Trinajstić information content (AvgIpc) is 2.85. The average molecular weight is 513 g/mol. The molecule has 2 heterocycles. The van der Waals surface area contributed by atoms with Crippen molar-refractivity contribution in [2.75, 3.05) is 5.75 Å². The number of nitrogens with zero attached hydrogens (tertiary/aromatic N) is 1. The summed E-state index contributed by atoms with van der Waals surface area (Å²) in [6.45, 7) is 1.64. The summed E-state index contributed by atoms with van der Waals surface area (Å²) in [6.07, 6.45) is 0. The molecule has 0 unspecified atom stereocenters. The maximum atomic E-state index is 13.3. The van der Waals surface area contributed by atoms with E-state index in [0.717, 1.165) is 4.90 Å². The van der Waals surface area contributed by atoms with E-state index in [9.17, 15) is 34.5 Å². The molecule has 2 aromatic rings. The lowest BCUT2D eigenvalue weighted by atomic mass is 10.00. The number of hydrogen-bond donors (Lipinski definition) is 6. The Morgan fingerprint density at radius 1 is 1.00 bits per heavy atom. The highest BCUT2D eigenvalue weighted by Gasteiger charge is 2.54. The molecule has 11 nitrogen and oxygen atoms in total. The number of fused-ring (bicyclic) bond motifs is 1. The Balaban J connectivity index is 1.54. The first-order valence-electron chi connectivity index (χ1n) is 10.9. The molecule has 0 radical (unpaired) electrons. The fourth-order valence-corrected chi connectivity index (χ4v) is 5.34. The summed E-state index contributed by atoms with van der Waals surface area (Å²) >= 11 is 1.33. The highest BCUT2D eigenvalue weighted by atomic mass is 32.2. The van der Waals surface area contributed by atoms with Gasteiger partial charge in [-0.1, -0.05) is 24.3 Å². The number of phenols is 2. The molecule has 7 N–H and O–H groups in total. The largest absolute Gasteiger partial charge is 0.508 e. The fraction of sp³-hybridized carbons (Fsp3) is 0.250. The first-order valence-corrected chi connectivity index (χ1v) is 11.9. The third-order valence-corrected chi connectivity index (χ3v) is 7.39. The Hall–Kier alpha value is -4.03. The van der Waals surface area contributed by atoms with Gasteiger partial charge in [0.15, 0.2) is 0 Å². The Labute approximate surface area is 210 Å². The first-order chi connectivity index (χ1) is 17.1. The minimum Gasteiger partial charge on any atom is -0.508 e. The number of hydrogen-bond acceptors (Lipinski definition) is 8. The van der Waals surface area contributed by atoms with E-state index in [4.69, 9.17) is 5.73 Å². The van der Waals surface area contributed by atoms with Crippen molar-refractivity contribution in [1.29, 1.82) is 0 Å². The first kappa shape index (κ1) is 25.1. The van der Waals surface area contributed by atoms with E-state index in [-0.39, 0.29) is 17.2 Å². The van der Waals surface area contributed by atoms with Gasteiger partial charge in [-0.25, -0.2) is 4.79 Å². The number of benzene rings is 2. The molecule has 3 amide bonds. The molecule has 2 aliphatic rings. The molecule has 4 atom stereocenters. The molecular weight excluding hydrogens is 488 g/mol. The minimum absolute atomic E-state index is 0.00333. The quantitative estimate of drug-likeness (QED) is 0.291. The summed E-state index contributed by atoms with van der Waals surface area (Å²) in [4.78, 5) is 51.8. The fourth-order valence-electron chi connectivity index (χ4n) is 4.04. The Morgan fingerprint density at radius 2 is 1.56 bits per heavy atom. The second kappa shape index (κ2) is 9.91. The van der Waals surface area contributed by atoms with Crippen molar-refractivity contribution in [3.05, 3.63) is 70.9 Å². The Morgan fingerprint density at radius 3 is 2.11 bits per heavy atom. The molecule has 1 fully saturated rings. The molecule has 188 valence electrons. The van der Waals surface area contributed by atoms with Crippen molar-refractivity contribution in [2.24, 2.45) is 5.73 Å². The summed E-state index contributed by atoms with van der Waals surface area (Å²) in [7, 11) is 0. The number of carboxylic acid groups (broad SMARTS) is 1. The molecule has 0 aromatic heterocycles. The third kappa shape index (κ3) is 4.72. The van der Waals surface area contributed by atoms with Crippen molar-refractivity contribution in [1.82, 2.24) is 15.5 Å². The number of amides is 3. The highest BCUT2D eigenvalue weighted by Crippen LogP contribution is 2.40. The van der Waals surface area contributed by atoms with Crippen LogP contribution in [0.4, 0.5) is 0 Å². The number of phenolic OH excluding ortho intramolecular Hbond substituents is 2. The number of nitrogens with two attached hydrogens (primary N) is 1. The number of carboxylic acids is 1. The zero-order valence-corrected chi connectivity index (χ0v) is 19.9. The van der Waals surface area contributed by atoms with E-state index in [1.54, 1.807) is 6.92 Å². The van der Waals surface area contributed by atoms with Crippen molar-refractivity contribution in [2.45, 2.75) is 30.4 Å². The third-order valence-electron chi connectivity index (χ3n) is 5.97. The van der Waals surface area contributed by atoms with Crippen LogP contribution in [0.15, 0.2) is 59.8 Å². The number of nitrogens with one attached hydrogen (secondary N) is 2. The summed E-state index contributed by atoms with van der Waals surface area (Å²) in [5.41, 5.74) is 7.26. The van der Waals surface area contributed by atoms with E-state index in [2.05, 4.69) is 10.6 Å². The molecular formula is C24H24N4O7S. The van der Waals surface area contributed by atoms with Crippen LogP contribution >= 0.6 is 11.8 Å². The number of carbonyl (C=O) groups excluding carboxylic acids is 3. The number of β-lactam (4-membered cyclic amide) rings is 1. The van der Waals surface area contributed by atoms with E-state index in [0.29, 0.717) is 22.5 Å². The predicted octanol–water partition coefficient (Wildman–Crippen LogP) is 0.714. The van der Waals surface area contributed by atoms with E-state index in [1.165, 1.54) is 60.3 Å². The summed E-state index contributed by atoms with van der Waals surface area (Å²) in [6, 6.07) is 7.92. The van der Waals surface area contributed by atoms with Crippen LogP contribution in [0.25, 0.3) is 0 Å². The van der Waals surface area contributed by atoms with Gasteiger partial charge < -0.3 is 31.7 Å². The zero-order chi connectivity index (χ0) is 26.1. The number of aromatic hydroxyl groups is 2. The van der Waals surface area contributed by atoms with Gasteiger partial charge in [-0.05, 0) is 47.9 Å². The van der Waals surface area contributed by atoms with Gasteiger partial charge in [0, 0.05) is 5.75 Å². The number of thioether (sulfide) groups is 1. The molecule has 1 saturated heterocycles. The van der Waals surface area contributed by atoms with Crippen LogP contribution in [-0.4, -0.2) is 61.1 Å². The number of carbonyl (C=O) groups is 4. The minimum atomic E-state index is -1.26. The van der Waals surface area contributed by atoms with Crippen molar-refractivity contribution >= 4 is 35.5 Å². The standard InChI is InChI=1S/C24H24N4O7S/c1-11-10-36-23-18(22(33)28(23)19(11)24(34)35)27-21(32)17(13-4-8-15(30)9-5-13)26-20(31)16(25)12-2-6-14(29)7-3-12/h2-9,16-18,23,29-30H,10,25H2,1H3,(H,26,31)(H,27,32)(H,34,35)/t16-,17-,18-,23-/m1/s1. The van der Waals surface area contributed by atoms with Crippen molar-refractivity contribution in [3.8, 4) is 11.5 Å². The molecule has 0 aliphatic carbocycles. The monoisotopic (exact) mass is 512 g/mol. The molecule has 4 rings (SSSR count). The Kier molecular flexibility index (Phi) is 6.91. The molecule has 0 spiro atoms. The Bertz CT molecular complexity index is 1250. The maximum absolute atomic E-state index is 13.3. The van der Waals surface area contributed by atoms with E-state index < -0.39 is 47.2 Å². The lowest BCUT2D eigenvalue weighted by molar-refractivity contribution is -0.151. The number of rotatable bonds is 7. The molecule has 0 bridgehead atoms. The van der Waals surface area contributed by atoms with Gasteiger partial charge in [-0.3, -0.25) is 19.3 Å². The number of aliphatic carboxylic acids is 1. The van der Waals surface area contributed by atoms with Crippen LogP contribution in [0.1, 0.15) is 30.1 Å². The van der Waals surface area contributed by atoms with Gasteiger partial charge in [0.2, 0.25) is 11.8 Å². The van der Waals surface area contributed by atoms with Gasteiger partial charge in [-0.15, -0.1) is 11.8 Å². The maximum Gasteiger partial charge on any atom is 0.352 e. The van der Waals surface area contributed by atoms with E-state index >= 15 is 0 Å².